The molecule has 10 heteroatoms. The Bertz CT molecular complexity index is 1240. The SMILES string of the molecule is Cn1ccnc1[C@H](NC(=O)C1CCN(S(=O)(=O)c2ccc(F)c(F)c2)CC1)c1ccccc1. The number of imidazole rings is 1. The summed E-state index contributed by atoms with van der Waals surface area (Å²) in [5.74, 6) is -2.20. The fourth-order valence-electron chi connectivity index (χ4n) is 4.00. The van der Waals surface area contributed by atoms with Crippen LogP contribution in [0.2, 0.25) is 0 Å². The van der Waals surface area contributed by atoms with Crippen LogP contribution in [0.4, 0.5) is 8.78 Å². The van der Waals surface area contributed by atoms with Gasteiger partial charge in [-0.1, -0.05) is 30.3 Å². The van der Waals surface area contributed by atoms with E-state index in [2.05, 4.69) is 10.3 Å². The van der Waals surface area contributed by atoms with E-state index in [1.54, 1.807) is 12.4 Å². The molecule has 2 aromatic carbocycles. The highest BCUT2D eigenvalue weighted by molar-refractivity contribution is 7.89. The summed E-state index contributed by atoms with van der Waals surface area (Å²) in [7, 11) is -2.12. The van der Waals surface area contributed by atoms with Crippen LogP contribution in [0.25, 0.3) is 0 Å². The molecule has 1 atom stereocenters. The van der Waals surface area contributed by atoms with Crippen LogP contribution in [0.5, 0.6) is 0 Å². The van der Waals surface area contributed by atoms with Gasteiger partial charge in [-0.25, -0.2) is 22.2 Å². The van der Waals surface area contributed by atoms with Crippen molar-refractivity contribution in [1.29, 1.82) is 0 Å². The lowest BCUT2D eigenvalue weighted by Crippen LogP contribution is -2.44. The highest BCUT2D eigenvalue weighted by atomic mass is 32.2. The van der Waals surface area contributed by atoms with Crippen LogP contribution >= 0.6 is 0 Å². The van der Waals surface area contributed by atoms with E-state index in [0.717, 1.165) is 17.7 Å². The number of piperidine rings is 1. The Morgan fingerprint density at radius 1 is 1.09 bits per heavy atom. The lowest BCUT2D eigenvalue weighted by Gasteiger charge is -2.31. The van der Waals surface area contributed by atoms with Crippen molar-refractivity contribution in [2.45, 2.75) is 23.8 Å². The Morgan fingerprint density at radius 3 is 2.39 bits per heavy atom. The molecule has 2 heterocycles. The van der Waals surface area contributed by atoms with E-state index in [0.29, 0.717) is 24.7 Å². The first-order chi connectivity index (χ1) is 15.8. The largest absolute Gasteiger partial charge is 0.342 e. The molecular formula is C23H24F2N4O3S. The van der Waals surface area contributed by atoms with Crippen LogP contribution in [0, 0.1) is 17.6 Å². The summed E-state index contributed by atoms with van der Waals surface area (Å²) in [6.07, 6.45) is 4.10. The molecule has 0 aliphatic carbocycles. The summed E-state index contributed by atoms with van der Waals surface area (Å²) in [4.78, 5) is 17.2. The van der Waals surface area contributed by atoms with Gasteiger partial charge in [-0.05, 0) is 36.6 Å². The molecule has 1 fully saturated rings. The molecule has 7 nitrogen and oxygen atoms in total. The van der Waals surface area contributed by atoms with Gasteiger partial charge >= 0.3 is 0 Å². The predicted octanol–water partition coefficient (Wildman–Crippen LogP) is 3.00. The summed E-state index contributed by atoms with van der Waals surface area (Å²) < 4.78 is 55.4. The maximum Gasteiger partial charge on any atom is 0.243 e. The average molecular weight is 475 g/mol. The van der Waals surface area contributed by atoms with Gasteiger partial charge in [-0.3, -0.25) is 4.79 Å². The smallest absolute Gasteiger partial charge is 0.243 e. The third kappa shape index (κ3) is 4.81. The first-order valence-corrected chi connectivity index (χ1v) is 12.0. The minimum absolute atomic E-state index is 0.109. The maximum absolute atomic E-state index is 13.5. The number of aromatic nitrogens is 2. The van der Waals surface area contributed by atoms with Crippen LogP contribution in [-0.4, -0.2) is 41.3 Å². The summed E-state index contributed by atoms with van der Waals surface area (Å²) >= 11 is 0. The number of sulfonamides is 1. The molecule has 1 aliphatic heterocycles. The van der Waals surface area contributed by atoms with Gasteiger partial charge in [0.15, 0.2) is 11.6 Å². The molecule has 1 N–H and O–H groups in total. The number of hydrogen-bond acceptors (Lipinski definition) is 4. The van der Waals surface area contributed by atoms with Crippen LogP contribution in [0.1, 0.15) is 30.3 Å². The molecule has 1 aromatic heterocycles. The number of amides is 1. The number of rotatable bonds is 6. The second-order valence-corrected chi connectivity index (χ2v) is 9.94. The van der Waals surface area contributed by atoms with Crippen LogP contribution in [0.3, 0.4) is 0 Å². The van der Waals surface area contributed by atoms with Crippen molar-refractivity contribution in [3.8, 4) is 0 Å². The van der Waals surface area contributed by atoms with Gasteiger partial charge in [-0.2, -0.15) is 4.31 Å². The number of hydrogen-bond donors (Lipinski definition) is 1. The molecular weight excluding hydrogens is 450 g/mol. The molecule has 174 valence electrons. The van der Waals surface area contributed by atoms with E-state index in [1.807, 2.05) is 41.9 Å². The normalized spacial score (nSPS) is 16.5. The zero-order chi connectivity index (χ0) is 23.6. The second kappa shape index (κ2) is 9.40. The number of benzene rings is 2. The Kier molecular flexibility index (Phi) is 6.57. The molecule has 1 aliphatic rings. The average Bonchev–Trinajstić information content (AvgIpc) is 3.25. The fourth-order valence-corrected chi connectivity index (χ4v) is 5.48. The molecule has 0 bridgehead atoms. The Balaban J connectivity index is 1.45. The molecule has 0 spiro atoms. The van der Waals surface area contributed by atoms with Crippen molar-refractivity contribution in [3.63, 3.8) is 0 Å². The highest BCUT2D eigenvalue weighted by Gasteiger charge is 2.33. The van der Waals surface area contributed by atoms with E-state index in [9.17, 15) is 22.0 Å². The van der Waals surface area contributed by atoms with Gasteiger partial charge in [0.1, 0.15) is 11.9 Å². The van der Waals surface area contributed by atoms with Crippen molar-refractivity contribution >= 4 is 15.9 Å². The Labute approximate surface area is 191 Å². The van der Waals surface area contributed by atoms with Crippen molar-refractivity contribution in [1.82, 2.24) is 19.2 Å². The Hall–Kier alpha value is -3.11. The topological polar surface area (TPSA) is 84.3 Å². The summed E-state index contributed by atoms with van der Waals surface area (Å²) in [5.41, 5.74) is 0.888. The predicted molar refractivity (Wildman–Crippen MR) is 117 cm³/mol. The van der Waals surface area contributed by atoms with Crippen molar-refractivity contribution in [3.05, 3.63) is 83.9 Å². The van der Waals surface area contributed by atoms with Crippen LogP contribution < -0.4 is 5.32 Å². The molecule has 0 unspecified atom stereocenters. The Morgan fingerprint density at radius 2 is 1.79 bits per heavy atom. The quantitative estimate of drug-likeness (QED) is 0.595. The van der Waals surface area contributed by atoms with Crippen LogP contribution in [0.15, 0.2) is 65.8 Å². The van der Waals surface area contributed by atoms with Crippen molar-refractivity contribution in [2.75, 3.05) is 13.1 Å². The zero-order valence-electron chi connectivity index (χ0n) is 18.0. The van der Waals surface area contributed by atoms with E-state index < -0.39 is 27.7 Å². The first kappa shape index (κ1) is 23.1. The molecule has 1 saturated heterocycles. The van der Waals surface area contributed by atoms with Gasteiger partial charge in [-0.15, -0.1) is 0 Å². The van der Waals surface area contributed by atoms with Gasteiger partial charge in [0.25, 0.3) is 0 Å². The number of carbonyl (C=O) groups is 1. The highest BCUT2D eigenvalue weighted by Crippen LogP contribution is 2.27. The monoisotopic (exact) mass is 474 g/mol. The first-order valence-electron chi connectivity index (χ1n) is 10.5. The third-order valence-electron chi connectivity index (χ3n) is 5.89. The second-order valence-electron chi connectivity index (χ2n) is 8.00. The number of aryl methyl sites for hydroxylation is 1. The van der Waals surface area contributed by atoms with E-state index >= 15 is 0 Å². The fraction of sp³-hybridized carbons (Fsp3) is 0.304. The lowest BCUT2D eigenvalue weighted by atomic mass is 9.96. The zero-order valence-corrected chi connectivity index (χ0v) is 18.8. The standard InChI is InChI=1S/C23H24F2N4O3S/c1-28-14-11-26-22(28)21(16-5-3-2-4-6-16)27-23(30)17-9-12-29(13-10-17)33(31,32)18-7-8-19(24)20(25)15-18/h2-8,11,14-15,17,21H,9-10,12-13H2,1H3,(H,27,30)/t21-/m1/s1. The van der Waals surface area contributed by atoms with Gasteiger partial charge < -0.3 is 9.88 Å². The molecule has 3 aromatic rings. The van der Waals surface area contributed by atoms with Crippen LogP contribution in [-0.2, 0) is 21.9 Å². The summed E-state index contributed by atoms with van der Waals surface area (Å²) in [5, 5.41) is 3.06. The minimum atomic E-state index is -3.98. The molecule has 1 amide bonds. The molecule has 4 rings (SSSR count). The number of carbonyl (C=O) groups excluding carboxylic acids is 1. The summed E-state index contributed by atoms with van der Waals surface area (Å²) in [6.45, 7) is 0.218. The van der Waals surface area contributed by atoms with E-state index in [1.165, 1.54) is 4.31 Å². The lowest BCUT2D eigenvalue weighted by molar-refractivity contribution is -0.126. The number of nitrogens with one attached hydrogen (secondary N) is 1. The minimum Gasteiger partial charge on any atom is -0.342 e. The van der Waals surface area contributed by atoms with Gasteiger partial charge in [0, 0.05) is 38.4 Å². The van der Waals surface area contributed by atoms with E-state index in [-0.39, 0.29) is 29.8 Å². The summed E-state index contributed by atoms with van der Waals surface area (Å²) in [6, 6.07) is 11.6. The van der Waals surface area contributed by atoms with Crippen molar-refractivity contribution < 1.29 is 22.0 Å². The number of nitrogens with zero attached hydrogens (tertiary/aromatic N) is 3. The third-order valence-corrected chi connectivity index (χ3v) is 7.78. The molecule has 0 radical (unpaired) electrons. The molecule has 33 heavy (non-hydrogen) atoms. The van der Waals surface area contributed by atoms with Crippen molar-refractivity contribution in [2.24, 2.45) is 13.0 Å². The maximum atomic E-state index is 13.5. The van der Waals surface area contributed by atoms with Gasteiger partial charge in [0.2, 0.25) is 15.9 Å². The molecule has 0 saturated carbocycles. The van der Waals surface area contributed by atoms with Gasteiger partial charge in [0.05, 0.1) is 4.90 Å². The van der Waals surface area contributed by atoms with E-state index in [4.69, 9.17) is 0 Å². The number of halogens is 2.